The van der Waals surface area contributed by atoms with E-state index in [1.807, 2.05) is 0 Å². The highest BCUT2D eigenvalue weighted by atomic mass is 16.4. The highest BCUT2D eigenvalue weighted by molar-refractivity contribution is 5.83. The summed E-state index contributed by atoms with van der Waals surface area (Å²) in [5.74, 6) is -1.19. The molecule has 0 radical (unpaired) electrons. The van der Waals surface area contributed by atoms with E-state index in [9.17, 15) is 14.4 Å². The number of carbonyl (C=O) groups is 3. The first-order valence-corrected chi connectivity index (χ1v) is 8.04. The normalized spacial score (nSPS) is 18.1. The number of carbonyl (C=O) groups excluding carboxylic acids is 2. The third-order valence-corrected chi connectivity index (χ3v) is 3.78. The van der Waals surface area contributed by atoms with Gasteiger partial charge in [0.2, 0.25) is 11.8 Å². The summed E-state index contributed by atoms with van der Waals surface area (Å²) >= 11 is 0. The van der Waals surface area contributed by atoms with Crippen LogP contribution in [0, 0.1) is 0 Å². The molecule has 1 fully saturated rings. The first kappa shape index (κ1) is 18.4. The fraction of sp³-hybridized carbons (Fsp3) is 0.800. The number of nitrogens with one attached hydrogen (secondary N) is 2. The number of aliphatic carboxylic acids is 1. The molecule has 0 aliphatic carbocycles. The largest absolute Gasteiger partial charge is 0.481 e. The molecule has 1 atom stereocenters. The van der Waals surface area contributed by atoms with Gasteiger partial charge in [0.25, 0.3) is 0 Å². The smallest absolute Gasteiger partial charge is 0.305 e. The van der Waals surface area contributed by atoms with E-state index in [0.29, 0.717) is 0 Å². The standard InChI is InChI=1S/C15H27N3O4/c1-2-3-10-18-11-4-5-12(18)15(22)17-8-6-13(19)16-9-7-14(20)21/h12H,2-11H2,1H3,(H,16,19)(H,17,22)(H,20,21). The van der Waals surface area contributed by atoms with Gasteiger partial charge in [-0.3, -0.25) is 19.3 Å². The molecule has 0 bridgehead atoms. The predicted molar refractivity (Wildman–Crippen MR) is 82.4 cm³/mol. The van der Waals surface area contributed by atoms with Crippen molar-refractivity contribution in [2.24, 2.45) is 0 Å². The highest BCUT2D eigenvalue weighted by Gasteiger charge is 2.29. The van der Waals surface area contributed by atoms with E-state index < -0.39 is 5.97 Å². The zero-order valence-electron chi connectivity index (χ0n) is 13.3. The lowest BCUT2D eigenvalue weighted by atomic mass is 10.2. The van der Waals surface area contributed by atoms with Crippen LogP contribution in [-0.2, 0) is 14.4 Å². The molecule has 7 heteroatoms. The molecular weight excluding hydrogens is 286 g/mol. The maximum Gasteiger partial charge on any atom is 0.305 e. The molecule has 1 saturated heterocycles. The van der Waals surface area contributed by atoms with Crippen LogP contribution in [0.3, 0.4) is 0 Å². The van der Waals surface area contributed by atoms with E-state index >= 15 is 0 Å². The van der Waals surface area contributed by atoms with Crippen LogP contribution in [0.1, 0.15) is 45.4 Å². The second kappa shape index (κ2) is 10.2. The van der Waals surface area contributed by atoms with Gasteiger partial charge in [-0.2, -0.15) is 0 Å². The lowest BCUT2D eigenvalue weighted by molar-refractivity contribution is -0.137. The Morgan fingerprint density at radius 2 is 1.91 bits per heavy atom. The lowest BCUT2D eigenvalue weighted by Crippen LogP contribution is -2.44. The van der Waals surface area contributed by atoms with Gasteiger partial charge in [0, 0.05) is 19.5 Å². The van der Waals surface area contributed by atoms with Gasteiger partial charge < -0.3 is 15.7 Å². The van der Waals surface area contributed by atoms with Crippen LogP contribution in [0.5, 0.6) is 0 Å². The summed E-state index contributed by atoms with van der Waals surface area (Å²) in [5.41, 5.74) is 0. The van der Waals surface area contributed by atoms with Crippen LogP contribution in [-0.4, -0.2) is 60.0 Å². The highest BCUT2D eigenvalue weighted by Crippen LogP contribution is 2.17. The van der Waals surface area contributed by atoms with E-state index in [1.54, 1.807) is 0 Å². The van der Waals surface area contributed by atoms with Gasteiger partial charge in [-0.15, -0.1) is 0 Å². The Morgan fingerprint density at radius 3 is 2.59 bits per heavy atom. The van der Waals surface area contributed by atoms with Crippen LogP contribution in [0.2, 0.25) is 0 Å². The molecule has 1 rings (SSSR count). The van der Waals surface area contributed by atoms with Gasteiger partial charge in [0.05, 0.1) is 12.5 Å². The average molecular weight is 313 g/mol. The minimum Gasteiger partial charge on any atom is -0.481 e. The van der Waals surface area contributed by atoms with E-state index in [0.717, 1.165) is 38.8 Å². The SMILES string of the molecule is CCCCN1CCCC1C(=O)NCCC(=O)NCCC(=O)O. The molecular formula is C15H27N3O4. The fourth-order valence-corrected chi connectivity index (χ4v) is 2.57. The number of carboxylic acids is 1. The second-order valence-electron chi connectivity index (χ2n) is 5.58. The number of unbranched alkanes of at least 4 members (excludes halogenated alkanes) is 1. The molecule has 3 N–H and O–H groups in total. The minimum atomic E-state index is -0.943. The Balaban J connectivity index is 2.19. The van der Waals surface area contributed by atoms with Crippen LogP contribution in [0.4, 0.5) is 0 Å². The van der Waals surface area contributed by atoms with Crippen molar-refractivity contribution in [1.29, 1.82) is 0 Å². The Morgan fingerprint density at radius 1 is 1.18 bits per heavy atom. The van der Waals surface area contributed by atoms with Crippen LogP contribution in [0.15, 0.2) is 0 Å². The summed E-state index contributed by atoms with van der Waals surface area (Å²) in [4.78, 5) is 36.1. The fourth-order valence-electron chi connectivity index (χ4n) is 2.57. The number of carboxylic acid groups (broad SMARTS) is 1. The van der Waals surface area contributed by atoms with Crippen molar-refractivity contribution in [3.05, 3.63) is 0 Å². The molecule has 1 aliphatic heterocycles. The topological polar surface area (TPSA) is 98.7 Å². The number of hydrogen-bond donors (Lipinski definition) is 3. The second-order valence-corrected chi connectivity index (χ2v) is 5.58. The molecule has 22 heavy (non-hydrogen) atoms. The van der Waals surface area contributed by atoms with Crippen molar-refractivity contribution in [3.63, 3.8) is 0 Å². The molecule has 0 saturated carbocycles. The third kappa shape index (κ3) is 6.89. The molecule has 7 nitrogen and oxygen atoms in total. The number of nitrogens with zero attached hydrogens (tertiary/aromatic N) is 1. The molecule has 2 amide bonds. The summed E-state index contributed by atoms with van der Waals surface area (Å²) in [7, 11) is 0. The zero-order chi connectivity index (χ0) is 16.4. The first-order chi connectivity index (χ1) is 10.5. The van der Waals surface area contributed by atoms with Crippen molar-refractivity contribution in [2.45, 2.75) is 51.5 Å². The number of rotatable bonds is 10. The van der Waals surface area contributed by atoms with E-state index in [4.69, 9.17) is 5.11 Å². The van der Waals surface area contributed by atoms with Gasteiger partial charge >= 0.3 is 5.97 Å². The van der Waals surface area contributed by atoms with E-state index in [-0.39, 0.29) is 43.8 Å². The summed E-state index contributed by atoms with van der Waals surface area (Å²) in [5, 5.41) is 13.8. The van der Waals surface area contributed by atoms with Gasteiger partial charge in [0.15, 0.2) is 0 Å². The summed E-state index contributed by atoms with van der Waals surface area (Å²) in [6.07, 6.45) is 4.20. The van der Waals surface area contributed by atoms with E-state index in [2.05, 4.69) is 22.5 Å². The van der Waals surface area contributed by atoms with Gasteiger partial charge in [-0.1, -0.05) is 13.3 Å². The number of likely N-dealkylation sites (tertiary alicyclic amines) is 1. The van der Waals surface area contributed by atoms with Crippen molar-refractivity contribution in [2.75, 3.05) is 26.2 Å². The zero-order valence-corrected chi connectivity index (χ0v) is 13.3. The maximum absolute atomic E-state index is 12.1. The van der Waals surface area contributed by atoms with E-state index in [1.165, 1.54) is 0 Å². The van der Waals surface area contributed by atoms with Gasteiger partial charge in [0.1, 0.15) is 0 Å². The van der Waals surface area contributed by atoms with Crippen LogP contribution in [0.25, 0.3) is 0 Å². The molecule has 1 heterocycles. The van der Waals surface area contributed by atoms with Crippen molar-refractivity contribution in [3.8, 4) is 0 Å². The molecule has 126 valence electrons. The molecule has 0 aromatic rings. The lowest BCUT2D eigenvalue weighted by Gasteiger charge is -2.23. The molecule has 0 spiro atoms. The summed E-state index contributed by atoms with van der Waals surface area (Å²) in [6, 6.07) is -0.0679. The predicted octanol–water partition coefficient (Wildman–Crippen LogP) is 0.348. The monoisotopic (exact) mass is 313 g/mol. The molecule has 0 aromatic heterocycles. The van der Waals surface area contributed by atoms with Gasteiger partial charge in [-0.25, -0.2) is 0 Å². The molecule has 0 aromatic carbocycles. The van der Waals surface area contributed by atoms with Crippen LogP contribution < -0.4 is 10.6 Å². The van der Waals surface area contributed by atoms with Crippen LogP contribution >= 0.6 is 0 Å². The van der Waals surface area contributed by atoms with Crippen molar-refractivity contribution >= 4 is 17.8 Å². The Hall–Kier alpha value is -1.63. The average Bonchev–Trinajstić information content (AvgIpc) is 2.93. The summed E-state index contributed by atoms with van der Waals surface area (Å²) < 4.78 is 0. The quantitative estimate of drug-likeness (QED) is 0.540. The summed E-state index contributed by atoms with van der Waals surface area (Å²) in [6.45, 7) is 4.46. The number of hydrogen-bond acceptors (Lipinski definition) is 4. The van der Waals surface area contributed by atoms with Crippen molar-refractivity contribution in [1.82, 2.24) is 15.5 Å². The molecule has 1 unspecified atom stereocenters. The Kier molecular flexibility index (Phi) is 8.50. The maximum atomic E-state index is 12.1. The van der Waals surface area contributed by atoms with Crippen molar-refractivity contribution < 1.29 is 19.5 Å². The minimum absolute atomic E-state index is 0.00746. The Bertz CT molecular complexity index is 387. The van der Waals surface area contributed by atoms with Gasteiger partial charge in [-0.05, 0) is 32.4 Å². The Labute approximate surface area is 131 Å². The molecule has 1 aliphatic rings. The first-order valence-electron chi connectivity index (χ1n) is 8.04. The number of amides is 2. The third-order valence-electron chi connectivity index (χ3n) is 3.78.